The fourth-order valence-electron chi connectivity index (χ4n) is 4.68. The van der Waals surface area contributed by atoms with Crippen molar-refractivity contribution in [2.24, 2.45) is 69.5 Å². The van der Waals surface area contributed by atoms with Crippen molar-refractivity contribution in [3.8, 4) is 0 Å². The summed E-state index contributed by atoms with van der Waals surface area (Å²) in [5.74, 6) is 2.18. The molecule has 5 aliphatic rings. The van der Waals surface area contributed by atoms with Crippen molar-refractivity contribution < 1.29 is 11.0 Å². The van der Waals surface area contributed by atoms with Gasteiger partial charge in [0.05, 0.1) is 0 Å². The molecule has 5 saturated carbocycles. The van der Waals surface area contributed by atoms with Gasteiger partial charge in [-0.05, 0) is 88.7 Å². The van der Waals surface area contributed by atoms with E-state index in [0.717, 1.165) is 55.3 Å². The first-order valence-corrected chi connectivity index (χ1v) is 30.8. The molecule has 0 spiro atoms. The lowest BCUT2D eigenvalue weighted by molar-refractivity contribution is 0.201. The van der Waals surface area contributed by atoms with Crippen LogP contribution < -0.4 is 0 Å². The molecule has 2 atom stereocenters. The molecule has 0 nitrogen and oxygen atoms in total. The van der Waals surface area contributed by atoms with Crippen molar-refractivity contribution in [2.75, 3.05) is 0 Å². The Hall–Kier alpha value is 0. The zero-order chi connectivity index (χ0) is 64.5. The van der Waals surface area contributed by atoms with Gasteiger partial charge >= 0.3 is 0 Å². The van der Waals surface area contributed by atoms with Gasteiger partial charge in [0.2, 0.25) is 0 Å². The Morgan fingerprint density at radius 2 is 0.638 bits per heavy atom. The summed E-state index contributed by atoms with van der Waals surface area (Å²) in [5.41, 5.74) is 1.70. The molecular weight excluding hydrogens is 829 g/mol. The van der Waals surface area contributed by atoms with Crippen LogP contribution in [0.4, 0.5) is 0 Å². The molecular formula is C69H158. The van der Waals surface area contributed by atoms with Gasteiger partial charge < -0.3 is 0 Å². The van der Waals surface area contributed by atoms with Crippen LogP contribution in [-0.2, 0) is 0 Å². The van der Waals surface area contributed by atoms with E-state index < -0.39 is 30.9 Å². The summed E-state index contributed by atoms with van der Waals surface area (Å²) in [6, 6.07) is 0. The van der Waals surface area contributed by atoms with Crippen molar-refractivity contribution in [3.63, 3.8) is 0 Å². The van der Waals surface area contributed by atoms with Crippen LogP contribution in [-0.4, -0.2) is 0 Å². The van der Waals surface area contributed by atoms with E-state index in [2.05, 4.69) is 173 Å². The second-order valence-electron chi connectivity index (χ2n) is 24.7. The zero-order valence-corrected chi connectivity index (χ0v) is 56.5. The molecule has 0 aromatic carbocycles. The molecule has 5 fully saturated rings. The Labute approximate surface area is 462 Å². The maximum Gasteiger partial charge on any atom is 0.0300 e. The zero-order valence-electron chi connectivity index (χ0n) is 64.5. The quantitative estimate of drug-likeness (QED) is 0.259. The van der Waals surface area contributed by atoms with Crippen molar-refractivity contribution in [2.45, 2.75) is 383 Å². The average molecular weight is 996 g/mol. The van der Waals surface area contributed by atoms with E-state index in [0.29, 0.717) is 16.2 Å². The summed E-state index contributed by atoms with van der Waals surface area (Å²) in [7, 11) is 0. The van der Waals surface area contributed by atoms with Crippen molar-refractivity contribution >= 4 is 0 Å². The minimum Gasteiger partial charge on any atom is -0.0683 e. The molecule has 434 valence electrons. The molecule has 0 aromatic heterocycles. The van der Waals surface area contributed by atoms with Gasteiger partial charge in [0, 0.05) is 11.0 Å². The fourth-order valence-corrected chi connectivity index (χ4v) is 4.68. The van der Waals surface area contributed by atoms with Crippen LogP contribution in [0.2, 0.25) is 0 Å². The van der Waals surface area contributed by atoms with Crippen molar-refractivity contribution in [3.05, 3.63) is 0 Å². The van der Waals surface area contributed by atoms with E-state index in [1.807, 2.05) is 55.4 Å². The molecule has 0 bridgehead atoms. The number of hydrogen-bond donors (Lipinski definition) is 0. The topological polar surface area (TPSA) is 0 Å². The predicted octanol–water partition coefficient (Wildman–Crippen LogP) is 27.6. The Morgan fingerprint density at radius 3 is 0.725 bits per heavy atom. The standard InChI is InChI=1S/C9H18.2C7H14.C6H12.C6H14.3C5H12.C4H8.C4H10.C3H8.4C2H6/c1-8-4-6-9(2,3)7-5-8;1-6-3-4-7(2)5-6;1-7-5-3-2-4-6-7;1-6-4-2-3-5-6;1-5-6(2,3)4;1-5(2,3)4;2*1-4-5(2)3;1-4-2-3-4;1-4(2)3;1-3-2;4*1-2/h8H,4-7H2,1-3H3;6-7H,3-5H2,1-2H3;7H,2-6H2,1H3;6H,2-5H2,1H3;5H2,1-4H3;1-4H3;2*5H,4H2,1-3H3;4H,2-3H2,1H3;4H,1-3H3;3H2,1-2H3;4*1-2H3/i;3D2,4D2,5D2,6D,7D;;;;;;;;;;;;;. The highest BCUT2D eigenvalue weighted by atomic mass is 14.3. The smallest absolute Gasteiger partial charge is 0.0300 e. The summed E-state index contributed by atoms with van der Waals surface area (Å²) in [6.07, 6.45) is 19.3. The van der Waals surface area contributed by atoms with E-state index >= 15 is 0 Å². The third-order valence-corrected chi connectivity index (χ3v) is 10.5. The van der Waals surface area contributed by atoms with Crippen LogP contribution in [0.5, 0.6) is 0 Å². The van der Waals surface area contributed by atoms with Crippen LogP contribution >= 0.6 is 0 Å². The van der Waals surface area contributed by atoms with Crippen LogP contribution in [0.1, 0.15) is 394 Å². The second kappa shape index (κ2) is 68.0. The lowest BCUT2D eigenvalue weighted by atomic mass is 9.74. The van der Waals surface area contributed by atoms with E-state index in [-0.39, 0.29) is 0 Å². The molecule has 0 aliphatic heterocycles. The van der Waals surface area contributed by atoms with Gasteiger partial charge in [0.15, 0.2) is 0 Å². The minimum absolute atomic E-state index is 0.500. The van der Waals surface area contributed by atoms with Gasteiger partial charge in [-0.1, -0.05) is 364 Å². The first kappa shape index (κ1) is 71.1. The van der Waals surface area contributed by atoms with Crippen LogP contribution in [0.15, 0.2) is 0 Å². The largest absolute Gasteiger partial charge is 0.0683 e. The predicted molar refractivity (Wildman–Crippen MR) is 339 cm³/mol. The first-order chi connectivity index (χ1) is 34.8. The molecule has 0 amide bonds. The maximum absolute atomic E-state index is 7.69. The first-order valence-electron chi connectivity index (χ1n) is 34.8. The molecule has 2 unspecified atom stereocenters. The third kappa shape index (κ3) is 140. The van der Waals surface area contributed by atoms with E-state index in [1.54, 1.807) is 0 Å². The highest BCUT2D eigenvalue weighted by Gasteiger charge is 2.24. The molecule has 0 radical (unpaired) electrons. The summed E-state index contributed by atoms with van der Waals surface area (Å²) >= 11 is 0. The van der Waals surface area contributed by atoms with Gasteiger partial charge in [-0.25, -0.2) is 0 Å². The van der Waals surface area contributed by atoms with Crippen LogP contribution in [0.25, 0.3) is 0 Å². The molecule has 0 N–H and O–H groups in total. The van der Waals surface area contributed by atoms with Crippen molar-refractivity contribution in [1.82, 2.24) is 0 Å². The maximum atomic E-state index is 7.69. The van der Waals surface area contributed by atoms with Crippen LogP contribution in [0.3, 0.4) is 0 Å². The molecule has 0 aromatic rings. The van der Waals surface area contributed by atoms with E-state index in [9.17, 15) is 0 Å². The second-order valence-corrected chi connectivity index (χ2v) is 24.7. The highest BCUT2D eigenvalue weighted by Crippen LogP contribution is 2.37. The van der Waals surface area contributed by atoms with Gasteiger partial charge in [-0.2, -0.15) is 0 Å². The Morgan fingerprint density at radius 1 is 0.449 bits per heavy atom. The molecule has 5 rings (SSSR count). The van der Waals surface area contributed by atoms with E-state index in [4.69, 9.17) is 11.0 Å². The fraction of sp³-hybridized carbons (Fsp3) is 1.00. The molecule has 5 aliphatic carbocycles. The van der Waals surface area contributed by atoms with Gasteiger partial charge in [0.1, 0.15) is 0 Å². The van der Waals surface area contributed by atoms with Gasteiger partial charge in [-0.3, -0.25) is 0 Å². The Bertz CT molecular complexity index is 992. The minimum atomic E-state index is -2.71. The molecule has 0 saturated heterocycles. The number of rotatable bonds is 2. The van der Waals surface area contributed by atoms with E-state index in [1.165, 1.54) is 122 Å². The number of hydrogen-bond acceptors (Lipinski definition) is 0. The SMILES string of the molecule is CC.CC.CC.CC.CC(C)(C)C.CC(C)C.CC1CC1.CC1CCC(C)(C)CC1.CC1CCCC1.CC1CCCCC1.CCC.CCC(C)(C)C.CCC(C)C.CCC(C)C.[2H]C1([2H])C([2H])([2H])C([2H])(C)C([2H])([2H])C1([2H])C. The highest BCUT2D eigenvalue weighted by molar-refractivity contribution is 4.76. The normalized spacial score (nSPS) is 24.7. The van der Waals surface area contributed by atoms with Gasteiger partial charge in [0.25, 0.3) is 0 Å². The molecule has 0 heteroatoms. The summed E-state index contributed by atoms with van der Waals surface area (Å²) < 4.78 is 60.8. The lowest BCUT2D eigenvalue weighted by Gasteiger charge is -2.32. The third-order valence-electron chi connectivity index (χ3n) is 10.5. The average Bonchev–Trinajstić information content (AvgIpc) is 3.96. The summed E-state index contributed by atoms with van der Waals surface area (Å²) in [4.78, 5) is 0. The van der Waals surface area contributed by atoms with Crippen molar-refractivity contribution in [1.29, 1.82) is 0 Å². The summed E-state index contributed by atoms with van der Waals surface area (Å²) in [6.45, 7) is 73.9. The molecule has 69 heavy (non-hydrogen) atoms. The Kier molecular flexibility index (Phi) is 70.0. The lowest BCUT2D eigenvalue weighted by Crippen LogP contribution is -2.19. The summed E-state index contributed by atoms with van der Waals surface area (Å²) in [5, 5.41) is 0. The van der Waals surface area contributed by atoms with Gasteiger partial charge in [-0.15, -0.1) is 0 Å². The Balaban J connectivity index is -0.0000000814. The van der Waals surface area contributed by atoms with Crippen LogP contribution in [0, 0.1) is 69.5 Å². The molecule has 0 heterocycles. The monoisotopic (exact) mass is 995 g/mol.